The van der Waals surface area contributed by atoms with Gasteiger partial charge in [0.25, 0.3) is 0 Å². The van der Waals surface area contributed by atoms with E-state index in [1.54, 1.807) is 0 Å². The van der Waals surface area contributed by atoms with Crippen molar-refractivity contribution >= 4 is 24.8 Å². The van der Waals surface area contributed by atoms with E-state index in [1.807, 2.05) is 0 Å². The number of halogens is 2. The van der Waals surface area contributed by atoms with Gasteiger partial charge < -0.3 is 10.6 Å². The van der Waals surface area contributed by atoms with Gasteiger partial charge >= 0.3 is 0 Å². The fraction of sp³-hybridized carbons (Fsp3) is 1.00. The highest BCUT2D eigenvalue weighted by molar-refractivity contribution is 5.85. The average Bonchev–Trinajstić information content (AvgIpc) is 2.25. The summed E-state index contributed by atoms with van der Waals surface area (Å²) < 4.78 is 0. The van der Waals surface area contributed by atoms with Gasteiger partial charge in [-0.25, -0.2) is 0 Å². The third-order valence-corrected chi connectivity index (χ3v) is 3.94. The van der Waals surface area contributed by atoms with Crippen LogP contribution in [-0.2, 0) is 0 Å². The van der Waals surface area contributed by atoms with Crippen LogP contribution in [-0.4, -0.2) is 49.7 Å². The summed E-state index contributed by atoms with van der Waals surface area (Å²) >= 11 is 0. The molecular formula is C12H27Cl2N3. The summed E-state index contributed by atoms with van der Waals surface area (Å²) in [5, 5.41) is 6.94. The average molecular weight is 284 g/mol. The van der Waals surface area contributed by atoms with E-state index >= 15 is 0 Å². The summed E-state index contributed by atoms with van der Waals surface area (Å²) in [6.07, 6.45) is 2.73. The molecule has 0 aromatic heterocycles. The zero-order valence-electron chi connectivity index (χ0n) is 10.9. The Balaban J connectivity index is 0.00000128. The first-order valence-corrected chi connectivity index (χ1v) is 6.44. The smallest absolute Gasteiger partial charge is 0.0195 e. The SMILES string of the molecule is C[C@@H]1CNC[C@H](C)N1CC1CCNCC1.Cl.Cl. The van der Waals surface area contributed by atoms with Crippen molar-refractivity contribution < 1.29 is 0 Å². The first-order chi connectivity index (χ1) is 7.27. The molecule has 0 amide bonds. The van der Waals surface area contributed by atoms with Gasteiger partial charge in [0.2, 0.25) is 0 Å². The van der Waals surface area contributed by atoms with Crippen molar-refractivity contribution in [3.8, 4) is 0 Å². The third-order valence-electron chi connectivity index (χ3n) is 3.94. The minimum atomic E-state index is 0. The lowest BCUT2D eigenvalue weighted by Gasteiger charge is -2.42. The van der Waals surface area contributed by atoms with Gasteiger partial charge in [-0.15, -0.1) is 24.8 Å². The van der Waals surface area contributed by atoms with Crippen LogP contribution in [0.5, 0.6) is 0 Å². The van der Waals surface area contributed by atoms with Crippen molar-refractivity contribution in [2.24, 2.45) is 5.92 Å². The van der Waals surface area contributed by atoms with E-state index in [0.29, 0.717) is 12.1 Å². The van der Waals surface area contributed by atoms with Gasteiger partial charge in [0, 0.05) is 31.7 Å². The quantitative estimate of drug-likeness (QED) is 0.805. The van der Waals surface area contributed by atoms with E-state index < -0.39 is 0 Å². The van der Waals surface area contributed by atoms with Crippen molar-refractivity contribution in [1.29, 1.82) is 0 Å². The zero-order chi connectivity index (χ0) is 10.7. The zero-order valence-corrected chi connectivity index (χ0v) is 12.6. The number of piperidine rings is 1. The molecule has 0 unspecified atom stereocenters. The molecule has 5 heteroatoms. The van der Waals surface area contributed by atoms with E-state index in [-0.39, 0.29) is 24.8 Å². The molecule has 17 heavy (non-hydrogen) atoms. The van der Waals surface area contributed by atoms with Crippen LogP contribution in [0.2, 0.25) is 0 Å². The Hall–Kier alpha value is 0.460. The molecule has 3 nitrogen and oxygen atoms in total. The number of rotatable bonds is 2. The van der Waals surface area contributed by atoms with E-state index in [2.05, 4.69) is 29.4 Å². The first kappa shape index (κ1) is 17.5. The maximum atomic E-state index is 3.50. The molecule has 2 aliphatic rings. The fourth-order valence-corrected chi connectivity index (χ4v) is 2.89. The molecule has 0 aliphatic carbocycles. The standard InChI is InChI=1S/C12H25N3.2ClH/c1-10-7-14-8-11(2)15(10)9-12-3-5-13-6-4-12;;/h10-14H,3-9H2,1-2H3;2*1H/t10-,11+;;. The van der Waals surface area contributed by atoms with Gasteiger partial charge in [-0.2, -0.15) is 0 Å². The lowest BCUT2D eigenvalue weighted by Crippen LogP contribution is -2.56. The van der Waals surface area contributed by atoms with Crippen LogP contribution in [0.4, 0.5) is 0 Å². The predicted octanol–water partition coefficient (Wildman–Crippen LogP) is 1.51. The molecule has 0 aromatic rings. The summed E-state index contributed by atoms with van der Waals surface area (Å²) in [6.45, 7) is 10.8. The molecule has 104 valence electrons. The molecule has 2 fully saturated rings. The molecule has 0 saturated carbocycles. The maximum Gasteiger partial charge on any atom is 0.0195 e. The normalized spacial score (nSPS) is 31.4. The van der Waals surface area contributed by atoms with E-state index in [9.17, 15) is 0 Å². The van der Waals surface area contributed by atoms with Crippen molar-refractivity contribution in [1.82, 2.24) is 15.5 Å². The summed E-state index contributed by atoms with van der Waals surface area (Å²) in [6, 6.07) is 1.42. The highest BCUT2D eigenvalue weighted by atomic mass is 35.5. The molecule has 2 atom stereocenters. The molecular weight excluding hydrogens is 257 g/mol. The Morgan fingerprint density at radius 2 is 1.47 bits per heavy atom. The van der Waals surface area contributed by atoms with Crippen LogP contribution < -0.4 is 10.6 Å². The molecule has 2 heterocycles. The van der Waals surface area contributed by atoms with Crippen LogP contribution >= 0.6 is 24.8 Å². The summed E-state index contributed by atoms with van der Waals surface area (Å²) in [5.74, 6) is 0.925. The lowest BCUT2D eigenvalue weighted by atomic mass is 9.95. The molecule has 0 spiro atoms. The predicted molar refractivity (Wildman–Crippen MR) is 78.6 cm³/mol. The first-order valence-electron chi connectivity index (χ1n) is 6.44. The van der Waals surface area contributed by atoms with Gasteiger partial charge in [-0.05, 0) is 45.7 Å². The molecule has 0 radical (unpaired) electrons. The molecule has 2 saturated heterocycles. The Morgan fingerprint density at radius 1 is 0.941 bits per heavy atom. The largest absolute Gasteiger partial charge is 0.317 e. The second kappa shape index (κ2) is 8.54. The topological polar surface area (TPSA) is 27.3 Å². The number of piperazine rings is 1. The maximum absolute atomic E-state index is 3.50. The van der Waals surface area contributed by atoms with Crippen molar-refractivity contribution in [3.05, 3.63) is 0 Å². The van der Waals surface area contributed by atoms with Crippen molar-refractivity contribution in [2.45, 2.75) is 38.8 Å². The van der Waals surface area contributed by atoms with E-state index in [0.717, 1.165) is 19.0 Å². The van der Waals surface area contributed by atoms with Crippen LogP contribution in [0, 0.1) is 5.92 Å². The Kier molecular flexibility index (Phi) is 8.77. The van der Waals surface area contributed by atoms with Gasteiger partial charge in [0.05, 0.1) is 0 Å². The molecule has 2 N–H and O–H groups in total. The summed E-state index contributed by atoms with van der Waals surface area (Å²) in [5.41, 5.74) is 0. The lowest BCUT2D eigenvalue weighted by molar-refractivity contribution is 0.0884. The number of nitrogens with zero attached hydrogens (tertiary/aromatic N) is 1. The van der Waals surface area contributed by atoms with Crippen LogP contribution in [0.1, 0.15) is 26.7 Å². The second-order valence-corrected chi connectivity index (χ2v) is 5.25. The van der Waals surface area contributed by atoms with E-state index in [1.165, 1.54) is 32.5 Å². The Bertz CT molecular complexity index is 188. The fourth-order valence-electron chi connectivity index (χ4n) is 2.89. The Morgan fingerprint density at radius 3 is 2.00 bits per heavy atom. The van der Waals surface area contributed by atoms with Crippen LogP contribution in [0.25, 0.3) is 0 Å². The highest BCUT2D eigenvalue weighted by Gasteiger charge is 2.27. The second-order valence-electron chi connectivity index (χ2n) is 5.25. The van der Waals surface area contributed by atoms with Gasteiger partial charge in [-0.3, -0.25) is 4.90 Å². The van der Waals surface area contributed by atoms with Crippen molar-refractivity contribution in [3.63, 3.8) is 0 Å². The summed E-state index contributed by atoms with van der Waals surface area (Å²) in [7, 11) is 0. The molecule has 2 rings (SSSR count). The number of hydrogen-bond donors (Lipinski definition) is 2. The highest BCUT2D eigenvalue weighted by Crippen LogP contribution is 2.18. The summed E-state index contributed by atoms with van der Waals surface area (Å²) in [4.78, 5) is 2.70. The minimum absolute atomic E-state index is 0. The van der Waals surface area contributed by atoms with Gasteiger partial charge in [0.1, 0.15) is 0 Å². The molecule has 0 bridgehead atoms. The van der Waals surface area contributed by atoms with Gasteiger partial charge in [-0.1, -0.05) is 0 Å². The molecule has 0 aromatic carbocycles. The number of nitrogens with one attached hydrogen (secondary N) is 2. The van der Waals surface area contributed by atoms with Crippen molar-refractivity contribution in [2.75, 3.05) is 32.7 Å². The van der Waals surface area contributed by atoms with Gasteiger partial charge in [0.15, 0.2) is 0 Å². The third kappa shape index (κ3) is 4.92. The van der Waals surface area contributed by atoms with E-state index in [4.69, 9.17) is 0 Å². The monoisotopic (exact) mass is 283 g/mol. The minimum Gasteiger partial charge on any atom is -0.317 e. The molecule has 2 aliphatic heterocycles. The van der Waals surface area contributed by atoms with Crippen LogP contribution in [0.15, 0.2) is 0 Å². The van der Waals surface area contributed by atoms with Crippen LogP contribution in [0.3, 0.4) is 0 Å². The number of hydrogen-bond acceptors (Lipinski definition) is 3. The Labute approximate surface area is 118 Å².